The van der Waals surface area contributed by atoms with Crippen LogP contribution in [0.4, 0.5) is 0 Å². The normalized spacial score (nSPS) is 15.0. The second-order valence-electron chi connectivity index (χ2n) is 19.3. The highest BCUT2D eigenvalue weighted by Crippen LogP contribution is 2.30. The van der Waals surface area contributed by atoms with E-state index in [0.717, 1.165) is 41.4 Å². The van der Waals surface area contributed by atoms with Gasteiger partial charge in [0, 0.05) is 0 Å². The van der Waals surface area contributed by atoms with Gasteiger partial charge < -0.3 is 0 Å². The molecule has 0 aliphatic heterocycles. The number of hydrogen-bond donors (Lipinski definition) is 0. The van der Waals surface area contributed by atoms with Crippen LogP contribution in [0.3, 0.4) is 0 Å². The molecule has 0 rings (SSSR count). The van der Waals surface area contributed by atoms with E-state index < -0.39 is 0 Å². The van der Waals surface area contributed by atoms with Crippen molar-refractivity contribution in [1.29, 1.82) is 0 Å². The van der Waals surface area contributed by atoms with Crippen LogP contribution in [0.5, 0.6) is 0 Å². The van der Waals surface area contributed by atoms with Crippen molar-refractivity contribution >= 4 is 0 Å². The van der Waals surface area contributed by atoms with Crippen LogP contribution in [0, 0.1) is 41.4 Å². The minimum absolute atomic E-state index is 0.759. The highest BCUT2D eigenvalue weighted by molar-refractivity contribution is 4.95. The Kier molecular flexibility index (Phi) is 36.5. The van der Waals surface area contributed by atoms with Crippen LogP contribution in [-0.2, 0) is 0 Å². The third-order valence-electron chi connectivity index (χ3n) is 13.0. The van der Waals surface area contributed by atoms with Gasteiger partial charge in [0.05, 0.1) is 0 Å². The molecule has 0 saturated carbocycles. The molecular weight excluding hydrogens is 613 g/mol. The summed E-state index contributed by atoms with van der Waals surface area (Å²) in [6.45, 7) is 26.0. The molecule has 0 heteroatoms. The van der Waals surface area contributed by atoms with Gasteiger partial charge in [0.15, 0.2) is 0 Å². The molecule has 0 aliphatic rings. The topological polar surface area (TPSA) is 0 Å². The van der Waals surface area contributed by atoms with Crippen LogP contribution in [0.2, 0.25) is 0 Å². The van der Waals surface area contributed by atoms with E-state index in [9.17, 15) is 0 Å². The summed E-state index contributed by atoms with van der Waals surface area (Å²) in [6.07, 6.45) is 47.9. The zero-order chi connectivity index (χ0) is 38.0. The first-order chi connectivity index (χ1) is 24.6. The molecule has 0 aromatic rings. The van der Waals surface area contributed by atoms with Gasteiger partial charge in [-0.05, 0) is 74.0 Å². The molecule has 5 atom stereocenters. The molecule has 5 unspecified atom stereocenters. The molecule has 0 aromatic heterocycles. The largest absolute Gasteiger partial charge is 0.0999 e. The van der Waals surface area contributed by atoms with Gasteiger partial charge in [-0.25, -0.2) is 0 Å². The predicted octanol–water partition coefficient (Wildman–Crippen LogP) is 18.9. The van der Waals surface area contributed by atoms with Gasteiger partial charge in [0.2, 0.25) is 0 Å². The molecule has 0 aliphatic carbocycles. The van der Waals surface area contributed by atoms with Crippen molar-refractivity contribution in [2.75, 3.05) is 0 Å². The highest BCUT2D eigenvalue weighted by atomic mass is 14.2. The zero-order valence-corrected chi connectivity index (χ0v) is 37.6. The van der Waals surface area contributed by atoms with Gasteiger partial charge in [0.25, 0.3) is 0 Å². The summed E-state index contributed by atoms with van der Waals surface area (Å²) in [5, 5.41) is 0. The van der Waals surface area contributed by atoms with Crippen LogP contribution in [0.15, 0.2) is 12.2 Å². The van der Waals surface area contributed by atoms with E-state index in [2.05, 4.69) is 68.9 Å². The summed E-state index contributed by atoms with van der Waals surface area (Å²) in [7, 11) is 0. The number of hydrogen-bond acceptors (Lipinski definition) is 0. The summed E-state index contributed by atoms with van der Waals surface area (Å²) in [4.78, 5) is 0. The van der Waals surface area contributed by atoms with E-state index in [4.69, 9.17) is 0 Å². The van der Waals surface area contributed by atoms with Crippen molar-refractivity contribution in [2.45, 2.75) is 274 Å². The van der Waals surface area contributed by atoms with Crippen molar-refractivity contribution in [3.63, 3.8) is 0 Å². The van der Waals surface area contributed by atoms with E-state index in [1.165, 1.54) is 217 Å². The third kappa shape index (κ3) is 35.2. The molecule has 0 amide bonds. The molecular formula is C51H102. The Hall–Kier alpha value is -0.260. The number of rotatable bonds is 40. The van der Waals surface area contributed by atoms with Gasteiger partial charge in [-0.1, -0.05) is 254 Å². The summed E-state index contributed by atoms with van der Waals surface area (Å²) in [5.74, 6) is 6.18. The lowest BCUT2D eigenvalue weighted by Gasteiger charge is -2.26. The maximum Gasteiger partial charge on any atom is -0.0211 e. The van der Waals surface area contributed by atoms with Gasteiger partial charge in [-0.3, -0.25) is 0 Å². The number of allylic oxidation sites excluding steroid dienone is 1. The van der Waals surface area contributed by atoms with Crippen molar-refractivity contribution in [2.24, 2.45) is 41.4 Å². The molecule has 0 heterocycles. The average molecular weight is 715 g/mol. The third-order valence-corrected chi connectivity index (χ3v) is 13.0. The SMILES string of the molecule is C=C(C)C(CC)CCCCCC(C)CCCCCCCCC(C)CCC(CC(C)CCCCCCCCCCCCCCCCC(C)C)C(C)C. The fourth-order valence-electron chi connectivity index (χ4n) is 8.86. The van der Waals surface area contributed by atoms with E-state index in [-0.39, 0.29) is 0 Å². The predicted molar refractivity (Wildman–Crippen MR) is 237 cm³/mol. The summed E-state index contributed by atoms with van der Waals surface area (Å²) < 4.78 is 0. The maximum atomic E-state index is 4.18. The van der Waals surface area contributed by atoms with E-state index in [1.807, 2.05) is 0 Å². The first-order valence-electron chi connectivity index (χ1n) is 24.2. The molecule has 0 spiro atoms. The Bertz CT molecular complexity index is 701. The molecule has 0 radical (unpaired) electrons. The van der Waals surface area contributed by atoms with Crippen LogP contribution >= 0.6 is 0 Å². The highest BCUT2D eigenvalue weighted by Gasteiger charge is 2.18. The maximum absolute atomic E-state index is 4.18. The van der Waals surface area contributed by atoms with Crippen LogP contribution in [0.1, 0.15) is 274 Å². The summed E-state index contributed by atoms with van der Waals surface area (Å²) >= 11 is 0. The lowest BCUT2D eigenvalue weighted by atomic mass is 9.80. The Morgan fingerprint density at radius 3 is 1.04 bits per heavy atom. The van der Waals surface area contributed by atoms with Gasteiger partial charge in [-0.15, -0.1) is 0 Å². The standard InChI is InChI=1S/C51H102/c1-11-50(45(4)5)40-34-28-33-37-47(8)36-30-25-22-23-26-31-38-48(9)41-42-51(46(6)7)43-49(10)39-32-27-21-19-17-15-13-12-14-16-18-20-24-29-35-44(2)3/h44,46-51H,4,11-43H2,1-3,5-10H3. The molecule has 51 heavy (non-hydrogen) atoms. The monoisotopic (exact) mass is 715 g/mol. The fraction of sp³-hybridized carbons (Fsp3) is 0.961. The minimum Gasteiger partial charge on any atom is -0.0999 e. The Morgan fingerprint density at radius 2 is 0.686 bits per heavy atom. The minimum atomic E-state index is 0.759. The van der Waals surface area contributed by atoms with E-state index in [1.54, 1.807) is 0 Å². The summed E-state index contributed by atoms with van der Waals surface area (Å²) in [6, 6.07) is 0. The Labute approximate surface area is 326 Å². The van der Waals surface area contributed by atoms with Gasteiger partial charge in [0.1, 0.15) is 0 Å². The molecule has 0 N–H and O–H groups in total. The van der Waals surface area contributed by atoms with E-state index >= 15 is 0 Å². The van der Waals surface area contributed by atoms with E-state index in [0.29, 0.717) is 0 Å². The van der Waals surface area contributed by atoms with Crippen molar-refractivity contribution in [3.8, 4) is 0 Å². The lowest BCUT2D eigenvalue weighted by molar-refractivity contribution is 0.257. The summed E-state index contributed by atoms with van der Waals surface area (Å²) in [5.41, 5.74) is 1.39. The molecule has 0 fully saturated rings. The molecule has 0 aromatic carbocycles. The first-order valence-corrected chi connectivity index (χ1v) is 24.2. The molecule has 0 nitrogen and oxygen atoms in total. The Balaban J connectivity index is 3.68. The van der Waals surface area contributed by atoms with Gasteiger partial charge >= 0.3 is 0 Å². The quantitative estimate of drug-likeness (QED) is 0.0438. The first kappa shape index (κ1) is 50.7. The fourth-order valence-corrected chi connectivity index (χ4v) is 8.86. The second-order valence-corrected chi connectivity index (χ2v) is 19.3. The van der Waals surface area contributed by atoms with Crippen LogP contribution in [-0.4, -0.2) is 0 Å². The average Bonchev–Trinajstić information content (AvgIpc) is 3.08. The number of unbranched alkanes of at least 4 members (excludes halogenated alkanes) is 20. The Morgan fingerprint density at radius 1 is 0.373 bits per heavy atom. The zero-order valence-electron chi connectivity index (χ0n) is 37.6. The van der Waals surface area contributed by atoms with Gasteiger partial charge in [-0.2, -0.15) is 0 Å². The molecule has 306 valence electrons. The van der Waals surface area contributed by atoms with Crippen LogP contribution < -0.4 is 0 Å². The second kappa shape index (κ2) is 36.7. The molecule has 0 bridgehead atoms. The van der Waals surface area contributed by atoms with Crippen molar-refractivity contribution < 1.29 is 0 Å². The lowest BCUT2D eigenvalue weighted by Crippen LogP contribution is -2.14. The smallest absolute Gasteiger partial charge is 0.0211 e. The van der Waals surface area contributed by atoms with Crippen molar-refractivity contribution in [3.05, 3.63) is 12.2 Å². The van der Waals surface area contributed by atoms with Crippen molar-refractivity contribution in [1.82, 2.24) is 0 Å². The van der Waals surface area contributed by atoms with Crippen LogP contribution in [0.25, 0.3) is 0 Å². The molecule has 0 saturated heterocycles.